The van der Waals surface area contributed by atoms with Gasteiger partial charge in [-0.05, 0) is 64.5 Å². The SMILES string of the molecule is CN1CCC(NC(=O)c2cccc(C(C)(C)O)c2)CC1. The highest BCUT2D eigenvalue weighted by molar-refractivity contribution is 5.94. The highest BCUT2D eigenvalue weighted by Gasteiger charge is 2.21. The van der Waals surface area contributed by atoms with Crippen LogP contribution in [0.2, 0.25) is 0 Å². The Morgan fingerprint density at radius 2 is 2.00 bits per heavy atom. The number of carbonyl (C=O) groups excluding carboxylic acids is 1. The van der Waals surface area contributed by atoms with Gasteiger partial charge in [-0.25, -0.2) is 0 Å². The number of nitrogens with zero attached hydrogens (tertiary/aromatic N) is 1. The minimum Gasteiger partial charge on any atom is -0.386 e. The molecule has 0 bridgehead atoms. The molecule has 0 spiro atoms. The Hall–Kier alpha value is -1.39. The molecule has 1 amide bonds. The first kappa shape index (κ1) is 15.0. The fourth-order valence-corrected chi connectivity index (χ4v) is 2.46. The third-order valence-electron chi connectivity index (χ3n) is 3.88. The first-order chi connectivity index (χ1) is 9.36. The van der Waals surface area contributed by atoms with Gasteiger partial charge in [0.15, 0.2) is 0 Å². The van der Waals surface area contributed by atoms with Crippen LogP contribution >= 0.6 is 0 Å². The Bertz CT molecular complexity index is 472. The van der Waals surface area contributed by atoms with Crippen molar-refractivity contribution in [3.8, 4) is 0 Å². The van der Waals surface area contributed by atoms with Gasteiger partial charge in [0.25, 0.3) is 5.91 Å². The summed E-state index contributed by atoms with van der Waals surface area (Å²) < 4.78 is 0. The number of hydrogen-bond donors (Lipinski definition) is 2. The summed E-state index contributed by atoms with van der Waals surface area (Å²) in [7, 11) is 2.10. The van der Waals surface area contributed by atoms with E-state index >= 15 is 0 Å². The molecule has 0 radical (unpaired) electrons. The highest BCUT2D eigenvalue weighted by Crippen LogP contribution is 2.20. The van der Waals surface area contributed by atoms with Gasteiger partial charge in [0.2, 0.25) is 0 Å². The predicted molar refractivity (Wildman–Crippen MR) is 79.7 cm³/mol. The van der Waals surface area contributed by atoms with E-state index in [1.54, 1.807) is 26.0 Å². The summed E-state index contributed by atoms with van der Waals surface area (Å²) in [6, 6.07) is 7.47. The molecule has 1 heterocycles. The normalized spacial score (nSPS) is 18.0. The third kappa shape index (κ3) is 3.81. The van der Waals surface area contributed by atoms with Crippen molar-refractivity contribution < 1.29 is 9.90 Å². The molecule has 110 valence electrons. The summed E-state index contributed by atoms with van der Waals surface area (Å²) in [6.07, 6.45) is 1.99. The Labute approximate surface area is 120 Å². The van der Waals surface area contributed by atoms with E-state index in [1.165, 1.54) is 0 Å². The Morgan fingerprint density at radius 1 is 1.35 bits per heavy atom. The minimum absolute atomic E-state index is 0.0503. The molecule has 0 aromatic heterocycles. The van der Waals surface area contributed by atoms with Crippen molar-refractivity contribution in [1.82, 2.24) is 10.2 Å². The van der Waals surface area contributed by atoms with Gasteiger partial charge in [0, 0.05) is 11.6 Å². The first-order valence-corrected chi connectivity index (χ1v) is 7.18. The molecule has 1 saturated heterocycles. The summed E-state index contributed by atoms with van der Waals surface area (Å²) in [5.74, 6) is -0.0503. The molecule has 2 N–H and O–H groups in total. The molecule has 1 aromatic carbocycles. The largest absolute Gasteiger partial charge is 0.386 e. The molecule has 0 saturated carbocycles. The van der Waals surface area contributed by atoms with Crippen LogP contribution in [-0.4, -0.2) is 42.1 Å². The molecule has 1 aliphatic rings. The highest BCUT2D eigenvalue weighted by atomic mass is 16.3. The summed E-state index contributed by atoms with van der Waals surface area (Å²) in [5.41, 5.74) is 0.446. The van der Waals surface area contributed by atoms with Crippen LogP contribution < -0.4 is 5.32 Å². The van der Waals surface area contributed by atoms with Crippen molar-refractivity contribution in [2.45, 2.75) is 38.3 Å². The van der Waals surface area contributed by atoms with E-state index < -0.39 is 5.60 Å². The Balaban J connectivity index is 2.02. The number of benzene rings is 1. The van der Waals surface area contributed by atoms with Crippen molar-refractivity contribution in [3.05, 3.63) is 35.4 Å². The van der Waals surface area contributed by atoms with E-state index in [2.05, 4.69) is 17.3 Å². The molecule has 4 heteroatoms. The van der Waals surface area contributed by atoms with Gasteiger partial charge in [-0.3, -0.25) is 4.79 Å². The van der Waals surface area contributed by atoms with Crippen molar-refractivity contribution in [2.24, 2.45) is 0 Å². The van der Waals surface area contributed by atoms with Crippen molar-refractivity contribution in [1.29, 1.82) is 0 Å². The zero-order valence-electron chi connectivity index (χ0n) is 12.5. The molecule has 1 aliphatic heterocycles. The van der Waals surface area contributed by atoms with Gasteiger partial charge >= 0.3 is 0 Å². The lowest BCUT2D eigenvalue weighted by atomic mass is 9.96. The average Bonchev–Trinajstić information content (AvgIpc) is 2.40. The summed E-state index contributed by atoms with van der Waals surface area (Å²) >= 11 is 0. The van der Waals surface area contributed by atoms with Gasteiger partial charge in [-0.2, -0.15) is 0 Å². The number of nitrogens with one attached hydrogen (secondary N) is 1. The van der Waals surface area contributed by atoms with Gasteiger partial charge in [-0.15, -0.1) is 0 Å². The van der Waals surface area contributed by atoms with Crippen LogP contribution in [0.4, 0.5) is 0 Å². The number of hydrogen-bond acceptors (Lipinski definition) is 3. The van der Waals surface area contributed by atoms with Crippen LogP contribution in [-0.2, 0) is 5.60 Å². The zero-order valence-corrected chi connectivity index (χ0v) is 12.5. The van der Waals surface area contributed by atoms with Crippen LogP contribution in [0.5, 0.6) is 0 Å². The second-order valence-corrected chi connectivity index (χ2v) is 6.19. The maximum atomic E-state index is 12.3. The topological polar surface area (TPSA) is 52.6 Å². The monoisotopic (exact) mass is 276 g/mol. The molecule has 0 atom stereocenters. The van der Waals surface area contributed by atoms with Crippen LogP contribution in [0.1, 0.15) is 42.6 Å². The van der Waals surface area contributed by atoms with Crippen LogP contribution in [0.25, 0.3) is 0 Å². The Kier molecular flexibility index (Phi) is 4.45. The first-order valence-electron chi connectivity index (χ1n) is 7.18. The van der Waals surface area contributed by atoms with E-state index in [-0.39, 0.29) is 11.9 Å². The lowest BCUT2D eigenvalue weighted by Gasteiger charge is -2.29. The smallest absolute Gasteiger partial charge is 0.251 e. The minimum atomic E-state index is -0.927. The second-order valence-electron chi connectivity index (χ2n) is 6.19. The van der Waals surface area contributed by atoms with E-state index in [0.717, 1.165) is 31.5 Å². The zero-order chi connectivity index (χ0) is 14.8. The summed E-state index contributed by atoms with van der Waals surface area (Å²) in [6.45, 7) is 5.49. The molecule has 1 aromatic rings. The van der Waals surface area contributed by atoms with Gasteiger partial charge in [0.05, 0.1) is 5.60 Å². The maximum absolute atomic E-state index is 12.3. The van der Waals surface area contributed by atoms with E-state index in [4.69, 9.17) is 0 Å². The molecule has 0 unspecified atom stereocenters. The van der Waals surface area contributed by atoms with E-state index in [0.29, 0.717) is 5.56 Å². The fourth-order valence-electron chi connectivity index (χ4n) is 2.46. The predicted octanol–water partition coefficient (Wildman–Crippen LogP) is 1.74. The van der Waals surface area contributed by atoms with Crippen molar-refractivity contribution in [3.63, 3.8) is 0 Å². The molecular weight excluding hydrogens is 252 g/mol. The molecular formula is C16H24N2O2. The van der Waals surface area contributed by atoms with Crippen molar-refractivity contribution >= 4 is 5.91 Å². The molecule has 1 fully saturated rings. The second kappa shape index (κ2) is 5.94. The van der Waals surface area contributed by atoms with Crippen LogP contribution in [0.3, 0.4) is 0 Å². The number of likely N-dealkylation sites (tertiary alicyclic amines) is 1. The van der Waals surface area contributed by atoms with E-state index in [9.17, 15) is 9.90 Å². The third-order valence-corrected chi connectivity index (χ3v) is 3.88. The van der Waals surface area contributed by atoms with Crippen LogP contribution in [0, 0.1) is 0 Å². The standard InChI is InChI=1S/C16H24N2O2/c1-16(2,20)13-6-4-5-12(11-13)15(19)17-14-7-9-18(3)10-8-14/h4-6,11,14,20H,7-10H2,1-3H3,(H,17,19). The number of piperidine rings is 1. The van der Waals surface area contributed by atoms with Crippen LogP contribution in [0.15, 0.2) is 24.3 Å². The Morgan fingerprint density at radius 3 is 2.60 bits per heavy atom. The maximum Gasteiger partial charge on any atom is 0.251 e. The molecule has 4 nitrogen and oxygen atoms in total. The number of aliphatic hydroxyl groups is 1. The summed E-state index contributed by atoms with van der Waals surface area (Å²) in [4.78, 5) is 14.5. The molecule has 20 heavy (non-hydrogen) atoms. The quantitative estimate of drug-likeness (QED) is 0.884. The van der Waals surface area contributed by atoms with Crippen molar-refractivity contribution in [2.75, 3.05) is 20.1 Å². The lowest BCUT2D eigenvalue weighted by Crippen LogP contribution is -2.43. The van der Waals surface area contributed by atoms with E-state index in [1.807, 2.05) is 12.1 Å². The molecule has 0 aliphatic carbocycles. The van der Waals surface area contributed by atoms with Gasteiger partial charge < -0.3 is 15.3 Å². The fraction of sp³-hybridized carbons (Fsp3) is 0.562. The molecule has 2 rings (SSSR count). The van der Waals surface area contributed by atoms with Gasteiger partial charge in [-0.1, -0.05) is 12.1 Å². The number of amides is 1. The lowest BCUT2D eigenvalue weighted by molar-refractivity contribution is 0.0784. The number of rotatable bonds is 3. The van der Waals surface area contributed by atoms with Gasteiger partial charge in [0.1, 0.15) is 0 Å². The summed E-state index contributed by atoms with van der Waals surface area (Å²) in [5, 5.41) is 13.1. The number of carbonyl (C=O) groups is 1. The average molecular weight is 276 g/mol.